The van der Waals surface area contributed by atoms with E-state index in [4.69, 9.17) is 5.73 Å². The lowest BCUT2D eigenvalue weighted by Crippen LogP contribution is -2.13. The summed E-state index contributed by atoms with van der Waals surface area (Å²) in [4.78, 5) is 0. The maximum atomic E-state index is 5.46. The van der Waals surface area contributed by atoms with Crippen molar-refractivity contribution in [2.24, 2.45) is 11.7 Å². The highest BCUT2D eigenvalue weighted by Crippen LogP contribution is 2.08. The Morgan fingerprint density at radius 2 is 2.14 bits per heavy atom. The van der Waals surface area contributed by atoms with Gasteiger partial charge in [0.15, 0.2) is 0 Å². The molecule has 0 saturated heterocycles. The first kappa shape index (κ1) is 6.96. The molecule has 0 heterocycles. The Morgan fingerprint density at radius 3 is 2.14 bits per heavy atom. The van der Waals surface area contributed by atoms with Crippen molar-refractivity contribution in [3.05, 3.63) is 6.04 Å². The molecule has 0 aliphatic heterocycles. The van der Waals surface area contributed by atoms with Crippen LogP contribution in [0.15, 0.2) is 0 Å². The molecule has 0 aromatic carbocycles. The summed E-state index contributed by atoms with van der Waals surface area (Å²) in [7, 11) is 0. The van der Waals surface area contributed by atoms with Gasteiger partial charge < -0.3 is 5.73 Å². The van der Waals surface area contributed by atoms with E-state index in [-0.39, 0.29) is 0 Å². The van der Waals surface area contributed by atoms with E-state index in [0.29, 0.717) is 5.92 Å². The molecule has 1 atom stereocenters. The number of hydrogen-bond donors (Lipinski definition) is 1. The summed E-state index contributed by atoms with van der Waals surface area (Å²) in [5.41, 5.74) is 5.46. The van der Waals surface area contributed by atoms with Crippen molar-refractivity contribution in [1.82, 2.24) is 0 Å². The fourth-order valence-corrected chi connectivity index (χ4v) is 0.322. The number of rotatable bonds is 2. The van der Waals surface area contributed by atoms with E-state index in [1.165, 1.54) is 0 Å². The zero-order valence-electron chi connectivity index (χ0n) is 5.36. The number of hydrogen-bond acceptors (Lipinski definition) is 1. The molecule has 1 nitrogen and oxygen atoms in total. The van der Waals surface area contributed by atoms with Gasteiger partial charge in [-0.15, -0.1) is 0 Å². The molecule has 0 fully saturated rings. The SMILES string of the molecule is CCC(C)[C](C)N. The van der Waals surface area contributed by atoms with Crippen LogP contribution < -0.4 is 5.73 Å². The van der Waals surface area contributed by atoms with E-state index in [0.717, 1.165) is 12.5 Å². The van der Waals surface area contributed by atoms with Crippen LogP contribution in [0.25, 0.3) is 0 Å². The molecule has 0 aromatic heterocycles. The second-order valence-electron chi connectivity index (χ2n) is 2.05. The van der Waals surface area contributed by atoms with Crippen molar-refractivity contribution < 1.29 is 0 Å². The predicted molar refractivity (Wildman–Crippen MR) is 32.6 cm³/mol. The molecule has 0 amide bonds. The first-order chi connectivity index (χ1) is 3.18. The maximum absolute atomic E-state index is 5.46. The summed E-state index contributed by atoms with van der Waals surface area (Å²) in [6.07, 6.45) is 1.16. The topological polar surface area (TPSA) is 26.0 Å². The Morgan fingerprint density at radius 1 is 1.71 bits per heavy atom. The van der Waals surface area contributed by atoms with Crippen LogP contribution in [0.5, 0.6) is 0 Å². The average molecular weight is 100 g/mol. The lowest BCUT2D eigenvalue weighted by atomic mass is 10.0. The zero-order chi connectivity index (χ0) is 5.86. The van der Waals surface area contributed by atoms with E-state index >= 15 is 0 Å². The Hall–Kier alpha value is -0.0400. The molecular formula is C6H14N. The predicted octanol–water partition coefficient (Wildman–Crippen LogP) is 1.54. The van der Waals surface area contributed by atoms with Crippen LogP contribution >= 0.6 is 0 Å². The third-order valence-electron chi connectivity index (χ3n) is 1.39. The molecule has 1 unspecified atom stereocenters. The molecule has 1 radical (unpaired) electrons. The maximum Gasteiger partial charge on any atom is 0.0333 e. The van der Waals surface area contributed by atoms with E-state index < -0.39 is 0 Å². The van der Waals surface area contributed by atoms with Crippen molar-refractivity contribution in [2.45, 2.75) is 27.2 Å². The molecule has 0 aliphatic rings. The van der Waals surface area contributed by atoms with Crippen molar-refractivity contribution in [3.8, 4) is 0 Å². The van der Waals surface area contributed by atoms with Crippen LogP contribution in [-0.2, 0) is 0 Å². The Kier molecular flexibility index (Phi) is 3.01. The van der Waals surface area contributed by atoms with Crippen molar-refractivity contribution in [2.75, 3.05) is 0 Å². The van der Waals surface area contributed by atoms with Gasteiger partial charge >= 0.3 is 0 Å². The molecular weight excluding hydrogens is 86.1 g/mol. The van der Waals surface area contributed by atoms with E-state index in [2.05, 4.69) is 13.8 Å². The van der Waals surface area contributed by atoms with Gasteiger partial charge in [0, 0.05) is 6.04 Å². The van der Waals surface area contributed by atoms with Gasteiger partial charge in [0.05, 0.1) is 0 Å². The first-order valence-corrected chi connectivity index (χ1v) is 2.77. The van der Waals surface area contributed by atoms with E-state index in [9.17, 15) is 0 Å². The molecule has 1 heteroatoms. The molecule has 2 N–H and O–H groups in total. The Balaban J connectivity index is 3.14. The summed E-state index contributed by atoms with van der Waals surface area (Å²) in [6, 6.07) is 1.04. The molecule has 0 rings (SSSR count). The van der Waals surface area contributed by atoms with Crippen LogP contribution in [0, 0.1) is 12.0 Å². The quantitative estimate of drug-likeness (QED) is 0.559. The highest BCUT2D eigenvalue weighted by atomic mass is 14.6. The number of nitrogens with two attached hydrogens (primary N) is 1. The zero-order valence-corrected chi connectivity index (χ0v) is 5.36. The van der Waals surface area contributed by atoms with Gasteiger partial charge in [-0.25, -0.2) is 0 Å². The highest BCUT2D eigenvalue weighted by molar-refractivity contribution is 4.80. The van der Waals surface area contributed by atoms with Gasteiger partial charge in [0.2, 0.25) is 0 Å². The largest absolute Gasteiger partial charge is 0.324 e. The Bertz CT molecular complexity index is 41.4. The van der Waals surface area contributed by atoms with Gasteiger partial charge in [-0.2, -0.15) is 0 Å². The van der Waals surface area contributed by atoms with Crippen molar-refractivity contribution >= 4 is 0 Å². The smallest absolute Gasteiger partial charge is 0.0333 e. The van der Waals surface area contributed by atoms with Crippen molar-refractivity contribution in [3.63, 3.8) is 0 Å². The summed E-state index contributed by atoms with van der Waals surface area (Å²) < 4.78 is 0. The standard InChI is InChI=1S/C6H14N/c1-4-5(2)6(3)7/h5H,4,7H2,1-3H3. The summed E-state index contributed by atoms with van der Waals surface area (Å²) in [6.45, 7) is 6.24. The van der Waals surface area contributed by atoms with Crippen LogP contribution in [0.3, 0.4) is 0 Å². The van der Waals surface area contributed by atoms with Gasteiger partial charge in [0.25, 0.3) is 0 Å². The second-order valence-corrected chi connectivity index (χ2v) is 2.05. The Labute approximate surface area is 45.9 Å². The van der Waals surface area contributed by atoms with Crippen molar-refractivity contribution in [1.29, 1.82) is 0 Å². The molecule has 0 saturated carbocycles. The average Bonchev–Trinajstić information content (AvgIpc) is 1.65. The minimum atomic E-state index is 0.597. The molecule has 0 spiro atoms. The lowest BCUT2D eigenvalue weighted by molar-refractivity contribution is 0.571. The normalized spacial score (nSPS) is 15.0. The molecule has 0 aliphatic carbocycles. The monoisotopic (exact) mass is 100 g/mol. The fraction of sp³-hybridized carbons (Fsp3) is 0.833. The molecule has 0 bridgehead atoms. The third-order valence-corrected chi connectivity index (χ3v) is 1.39. The highest BCUT2D eigenvalue weighted by Gasteiger charge is 2.02. The first-order valence-electron chi connectivity index (χ1n) is 2.77. The van der Waals surface area contributed by atoms with Crippen LogP contribution in [-0.4, -0.2) is 0 Å². The summed E-state index contributed by atoms with van der Waals surface area (Å²) in [5, 5.41) is 0. The van der Waals surface area contributed by atoms with Crippen LogP contribution in [0.2, 0.25) is 0 Å². The van der Waals surface area contributed by atoms with Crippen LogP contribution in [0.4, 0.5) is 0 Å². The molecule has 0 aromatic rings. The molecule has 7 heavy (non-hydrogen) atoms. The third kappa shape index (κ3) is 2.63. The summed E-state index contributed by atoms with van der Waals surface area (Å²) >= 11 is 0. The van der Waals surface area contributed by atoms with E-state index in [1.807, 2.05) is 6.92 Å². The van der Waals surface area contributed by atoms with Gasteiger partial charge in [-0.1, -0.05) is 20.3 Å². The summed E-state index contributed by atoms with van der Waals surface area (Å²) in [5.74, 6) is 0.597. The second kappa shape index (κ2) is 3.03. The lowest BCUT2D eigenvalue weighted by Gasteiger charge is -2.09. The fourth-order valence-electron chi connectivity index (χ4n) is 0.322. The minimum Gasteiger partial charge on any atom is -0.324 e. The van der Waals surface area contributed by atoms with Gasteiger partial charge in [0.1, 0.15) is 0 Å². The minimum absolute atomic E-state index is 0.597. The van der Waals surface area contributed by atoms with Gasteiger partial charge in [-0.05, 0) is 12.8 Å². The van der Waals surface area contributed by atoms with Crippen LogP contribution in [0.1, 0.15) is 27.2 Å². The van der Waals surface area contributed by atoms with E-state index in [1.54, 1.807) is 0 Å². The van der Waals surface area contributed by atoms with Gasteiger partial charge in [-0.3, -0.25) is 0 Å². The molecule has 43 valence electrons.